The highest BCUT2D eigenvalue weighted by molar-refractivity contribution is 7.99. The van der Waals surface area contributed by atoms with E-state index in [0.29, 0.717) is 45.1 Å². The van der Waals surface area contributed by atoms with Gasteiger partial charge in [-0.25, -0.2) is 9.97 Å². The van der Waals surface area contributed by atoms with Crippen LogP contribution >= 0.6 is 23.4 Å². The number of methoxy groups -OCH3 is 1. The molecule has 1 N–H and O–H groups in total. The smallest absolute Gasteiger partial charge is 0.192 e. The molecule has 206 valence electrons. The molecule has 2 aromatic heterocycles. The van der Waals surface area contributed by atoms with Gasteiger partial charge >= 0.3 is 0 Å². The summed E-state index contributed by atoms with van der Waals surface area (Å²) in [6.07, 6.45) is 4.15. The molecule has 0 saturated carbocycles. The van der Waals surface area contributed by atoms with Gasteiger partial charge in [0, 0.05) is 53.7 Å². The summed E-state index contributed by atoms with van der Waals surface area (Å²) in [5.74, 6) is 1.14. The lowest BCUT2D eigenvalue weighted by Gasteiger charge is -2.26. The average molecular weight is 577 g/mol. The minimum atomic E-state index is 0.400. The number of nitrogens with one attached hydrogen (secondary N) is 1. The van der Waals surface area contributed by atoms with Crippen molar-refractivity contribution in [1.82, 2.24) is 19.9 Å². The van der Waals surface area contributed by atoms with Gasteiger partial charge in [-0.1, -0.05) is 11.6 Å². The van der Waals surface area contributed by atoms with E-state index in [0.717, 1.165) is 60.9 Å². The first-order valence-electron chi connectivity index (χ1n) is 12.9. The molecular weight excluding hydrogens is 548 g/mol. The molecule has 0 bridgehead atoms. The van der Waals surface area contributed by atoms with E-state index in [2.05, 4.69) is 31.2 Å². The Kier molecular flexibility index (Phi) is 9.19. The summed E-state index contributed by atoms with van der Waals surface area (Å²) in [5.41, 5.74) is 3.23. The number of nitrogens with zero attached hydrogens (tertiary/aromatic N) is 5. The number of rotatable bonds is 10. The SMILES string of the molecule is COc1c(OCCCN2CCOCC2)ccc2c(Nc3ccc(Sc4nccc(C)n4)c(Cl)c3)c(C#N)cnc12. The Hall–Kier alpha value is -3.62. The maximum Gasteiger partial charge on any atom is 0.192 e. The van der Waals surface area contributed by atoms with Gasteiger partial charge in [0.15, 0.2) is 16.7 Å². The zero-order valence-corrected chi connectivity index (χ0v) is 23.9. The van der Waals surface area contributed by atoms with E-state index >= 15 is 0 Å². The molecule has 1 aliphatic rings. The molecule has 0 atom stereocenters. The third-order valence-electron chi connectivity index (χ3n) is 6.44. The van der Waals surface area contributed by atoms with Gasteiger partial charge in [0.05, 0.1) is 43.2 Å². The number of anilines is 2. The summed E-state index contributed by atoms with van der Waals surface area (Å²) < 4.78 is 17.2. The normalized spacial score (nSPS) is 13.7. The molecular formula is C29H29ClN6O3S. The van der Waals surface area contributed by atoms with Crippen LogP contribution in [0.5, 0.6) is 11.5 Å². The standard InChI is InChI=1S/C29H29ClN6O3S/c1-19-8-9-32-29(34-19)40-25-7-4-21(16-23(25)30)35-26-20(17-31)18-33-27-22(26)5-6-24(28(27)37-2)39-13-3-10-36-11-14-38-15-12-36/h4-9,16,18H,3,10-15H2,1-2H3,(H,33,35). The van der Waals surface area contributed by atoms with Gasteiger partial charge in [0.25, 0.3) is 0 Å². The number of fused-ring (bicyclic) bond motifs is 1. The maximum atomic E-state index is 9.83. The van der Waals surface area contributed by atoms with Gasteiger partial charge in [-0.15, -0.1) is 0 Å². The van der Waals surface area contributed by atoms with Crippen LogP contribution in [0.1, 0.15) is 17.7 Å². The number of nitriles is 1. The quantitative estimate of drug-likeness (QED) is 0.182. The Morgan fingerprint density at radius 1 is 1.18 bits per heavy atom. The topological polar surface area (TPSA) is 105 Å². The largest absolute Gasteiger partial charge is 0.491 e. The molecule has 2 aromatic carbocycles. The predicted molar refractivity (Wildman–Crippen MR) is 156 cm³/mol. The highest BCUT2D eigenvalue weighted by Crippen LogP contribution is 2.40. The molecule has 40 heavy (non-hydrogen) atoms. The number of ether oxygens (including phenoxy) is 3. The molecule has 0 amide bonds. The number of morpholine rings is 1. The molecule has 9 nitrogen and oxygen atoms in total. The predicted octanol–water partition coefficient (Wildman–Crippen LogP) is 5.86. The summed E-state index contributed by atoms with van der Waals surface area (Å²) in [5, 5.41) is 15.1. The zero-order valence-electron chi connectivity index (χ0n) is 22.3. The van der Waals surface area contributed by atoms with Crippen molar-refractivity contribution in [2.45, 2.75) is 23.4 Å². The summed E-state index contributed by atoms with van der Waals surface area (Å²) >= 11 is 8.01. The summed E-state index contributed by atoms with van der Waals surface area (Å²) in [6, 6.07) is 13.5. The third-order valence-corrected chi connectivity index (χ3v) is 7.82. The van der Waals surface area contributed by atoms with Crippen LogP contribution < -0.4 is 14.8 Å². The van der Waals surface area contributed by atoms with Crippen molar-refractivity contribution in [1.29, 1.82) is 5.26 Å². The molecule has 0 spiro atoms. The minimum absolute atomic E-state index is 0.400. The number of aryl methyl sites for hydroxylation is 1. The lowest BCUT2D eigenvalue weighted by Crippen LogP contribution is -2.37. The Morgan fingerprint density at radius 3 is 2.77 bits per heavy atom. The van der Waals surface area contributed by atoms with Crippen LogP contribution in [-0.2, 0) is 4.74 Å². The van der Waals surface area contributed by atoms with E-state index in [4.69, 9.17) is 25.8 Å². The van der Waals surface area contributed by atoms with Crippen LogP contribution in [0, 0.1) is 18.3 Å². The van der Waals surface area contributed by atoms with Gasteiger partial charge in [-0.05, 0) is 61.5 Å². The van der Waals surface area contributed by atoms with Gasteiger partial charge in [-0.3, -0.25) is 9.88 Å². The monoisotopic (exact) mass is 576 g/mol. The molecule has 1 fully saturated rings. The molecule has 0 aliphatic carbocycles. The number of halogens is 1. The van der Waals surface area contributed by atoms with Crippen LogP contribution in [0.4, 0.5) is 11.4 Å². The highest BCUT2D eigenvalue weighted by Gasteiger charge is 2.18. The number of pyridine rings is 1. The summed E-state index contributed by atoms with van der Waals surface area (Å²) in [4.78, 5) is 16.5. The molecule has 11 heteroatoms. The van der Waals surface area contributed by atoms with E-state index in [9.17, 15) is 5.26 Å². The van der Waals surface area contributed by atoms with Crippen molar-refractivity contribution in [3.05, 3.63) is 65.1 Å². The fourth-order valence-corrected chi connectivity index (χ4v) is 5.51. The van der Waals surface area contributed by atoms with Crippen LogP contribution in [0.15, 0.2) is 58.8 Å². The van der Waals surface area contributed by atoms with Crippen molar-refractivity contribution < 1.29 is 14.2 Å². The molecule has 1 aliphatic heterocycles. The minimum Gasteiger partial charge on any atom is -0.491 e. The number of hydrogen-bond donors (Lipinski definition) is 1. The molecule has 3 heterocycles. The molecule has 1 saturated heterocycles. The number of benzene rings is 2. The van der Waals surface area contributed by atoms with E-state index < -0.39 is 0 Å². The maximum absolute atomic E-state index is 9.83. The van der Waals surface area contributed by atoms with Crippen LogP contribution in [0.2, 0.25) is 5.02 Å². The fraction of sp³-hybridized carbons (Fsp3) is 0.310. The second-order valence-corrected chi connectivity index (χ2v) is 10.6. The molecule has 0 radical (unpaired) electrons. The first-order valence-corrected chi connectivity index (χ1v) is 14.1. The van der Waals surface area contributed by atoms with Crippen molar-refractivity contribution in [2.24, 2.45) is 0 Å². The summed E-state index contributed by atoms with van der Waals surface area (Å²) in [7, 11) is 1.59. The first kappa shape index (κ1) is 27.9. The molecule has 4 aromatic rings. The van der Waals surface area contributed by atoms with Gasteiger partial charge in [0.2, 0.25) is 0 Å². The van der Waals surface area contributed by atoms with Crippen molar-refractivity contribution >= 4 is 45.6 Å². The van der Waals surface area contributed by atoms with Gasteiger partial charge in [0.1, 0.15) is 11.6 Å². The first-order chi connectivity index (χ1) is 19.6. The van der Waals surface area contributed by atoms with E-state index in [1.165, 1.54) is 18.0 Å². The Bertz CT molecular complexity index is 1540. The van der Waals surface area contributed by atoms with Crippen LogP contribution in [0.25, 0.3) is 10.9 Å². The fourth-order valence-electron chi connectivity index (χ4n) is 4.43. The lowest BCUT2D eigenvalue weighted by atomic mass is 10.1. The summed E-state index contributed by atoms with van der Waals surface area (Å²) in [6.45, 7) is 6.89. The zero-order chi connectivity index (χ0) is 27.9. The van der Waals surface area contributed by atoms with Crippen molar-refractivity contribution in [2.75, 3.05) is 51.9 Å². The van der Waals surface area contributed by atoms with Crippen LogP contribution in [-0.4, -0.2) is 66.4 Å². The Labute approximate surface area is 242 Å². The third kappa shape index (κ3) is 6.57. The van der Waals surface area contributed by atoms with Gasteiger partial charge < -0.3 is 19.5 Å². The molecule has 5 rings (SSSR count). The van der Waals surface area contributed by atoms with Gasteiger partial charge in [-0.2, -0.15) is 5.26 Å². The Morgan fingerprint density at radius 2 is 2.02 bits per heavy atom. The number of aromatic nitrogens is 3. The van der Waals surface area contributed by atoms with E-state index in [-0.39, 0.29) is 0 Å². The van der Waals surface area contributed by atoms with E-state index in [1.807, 2.05) is 43.3 Å². The molecule has 0 unspecified atom stereocenters. The van der Waals surface area contributed by atoms with Crippen LogP contribution in [0.3, 0.4) is 0 Å². The Balaban J connectivity index is 1.35. The average Bonchev–Trinajstić information content (AvgIpc) is 2.97. The second kappa shape index (κ2) is 13.2. The van der Waals surface area contributed by atoms with Crippen molar-refractivity contribution in [3.63, 3.8) is 0 Å². The van der Waals surface area contributed by atoms with Crippen molar-refractivity contribution in [3.8, 4) is 17.6 Å². The lowest BCUT2D eigenvalue weighted by molar-refractivity contribution is 0.0357. The highest BCUT2D eigenvalue weighted by atomic mass is 35.5. The number of hydrogen-bond acceptors (Lipinski definition) is 10. The van der Waals surface area contributed by atoms with E-state index in [1.54, 1.807) is 13.3 Å². The second-order valence-electron chi connectivity index (χ2n) is 9.16.